The maximum atomic E-state index is 12.1. The van der Waals surface area contributed by atoms with Gasteiger partial charge in [-0.2, -0.15) is 0 Å². The second-order valence-corrected chi connectivity index (χ2v) is 8.47. The number of hydrogen-bond donors (Lipinski definition) is 2. The van der Waals surface area contributed by atoms with Gasteiger partial charge in [-0.1, -0.05) is 6.07 Å². The lowest BCUT2D eigenvalue weighted by Crippen LogP contribution is -2.42. The first-order chi connectivity index (χ1) is 13.0. The van der Waals surface area contributed by atoms with E-state index in [1.807, 2.05) is 11.0 Å². The van der Waals surface area contributed by atoms with E-state index in [0.29, 0.717) is 30.9 Å². The first kappa shape index (κ1) is 19.7. The molecule has 0 radical (unpaired) electrons. The number of likely N-dealkylation sites (N-methyl/N-ethyl adjacent to an activating group) is 1. The molecule has 1 aliphatic heterocycles. The van der Waals surface area contributed by atoms with E-state index in [2.05, 4.69) is 27.1 Å². The lowest BCUT2D eigenvalue weighted by molar-refractivity contribution is -0.128. The van der Waals surface area contributed by atoms with Crippen molar-refractivity contribution < 1.29 is 9.59 Å². The predicted octanol–water partition coefficient (Wildman–Crippen LogP) is 0.925. The van der Waals surface area contributed by atoms with Crippen molar-refractivity contribution in [1.29, 1.82) is 0 Å². The third-order valence-corrected chi connectivity index (χ3v) is 5.84. The van der Waals surface area contributed by atoms with E-state index in [4.69, 9.17) is 0 Å². The van der Waals surface area contributed by atoms with Crippen molar-refractivity contribution in [3.8, 4) is 0 Å². The second kappa shape index (κ2) is 9.21. The number of thiophene rings is 1. The first-order valence-corrected chi connectivity index (χ1v) is 10.4. The fraction of sp³-hybridized carbons (Fsp3) is 0.632. The van der Waals surface area contributed by atoms with Gasteiger partial charge in [0.15, 0.2) is 5.96 Å². The van der Waals surface area contributed by atoms with E-state index >= 15 is 0 Å². The Morgan fingerprint density at radius 1 is 1.37 bits per heavy atom. The molecule has 8 heteroatoms. The highest BCUT2D eigenvalue weighted by molar-refractivity contribution is 7.09. The van der Waals surface area contributed by atoms with Crippen molar-refractivity contribution in [2.24, 2.45) is 10.9 Å². The number of carbonyl (C=O) groups excluding carboxylic acids is 2. The Balaban J connectivity index is 1.49. The molecule has 1 aliphatic carbocycles. The Bertz CT molecular complexity index is 670. The highest BCUT2D eigenvalue weighted by atomic mass is 32.1. The summed E-state index contributed by atoms with van der Waals surface area (Å²) in [5.41, 5.74) is 0. The minimum absolute atomic E-state index is 0.0368. The van der Waals surface area contributed by atoms with Crippen LogP contribution in [0.4, 0.5) is 0 Å². The summed E-state index contributed by atoms with van der Waals surface area (Å²) in [6, 6.07) is 4.64. The molecule has 7 nitrogen and oxygen atoms in total. The zero-order valence-corrected chi connectivity index (χ0v) is 16.9. The molecule has 2 fully saturated rings. The molecule has 148 valence electrons. The molecule has 1 atom stereocenters. The lowest BCUT2D eigenvalue weighted by atomic mass is 10.1. The van der Waals surface area contributed by atoms with Crippen molar-refractivity contribution >= 4 is 29.1 Å². The standard InChI is InChI=1S/C19H29N5O2S/c1-23(2)18(26)12-22-19(20-8-7-16-4-3-9-27-16)21-11-14-10-17(25)24(13-14)15-5-6-15/h3-4,9,14-15H,5-8,10-13H2,1-2H3,(H2,20,21,22). The van der Waals surface area contributed by atoms with Crippen LogP contribution in [0.2, 0.25) is 0 Å². The summed E-state index contributed by atoms with van der Waals surface area (Å²) in [5.74, 6) is 1.17. The number of carbonyl (C=O) groups is 2. The number of hydrogen-bond acceptors (Lipinski definition) is 4. The molecular weight excluding hydrogens is 362 g/mol. The van der Waals surface area contributed by atoms with Crippen molar-refractivity contribution in [3.63, 3.8) is 0 Å². The van der Waals surface area contributed by atoms with Gasteiger partial charge >= 0.3 is 0 Å². The van der Waals surface area contributed by atoms with Gasteiger partial charge < -0.3 is 20.4 Å². The van der Waals surface area contributed by atoms with Crippen LogP contribution in [0, 0.1) is 5.92 Å². The van der Waals surface area contributed by atoms with Crippen LogP contribution < -0.4 is 10.6 Å². The molecule has 1 aromatic heterocycles. The van der Waals surface area contributed by atoms with Crippen LogP contribution in [0.3, 0.4) is 0 Å². The summed E-state index contributed by atoms with van der Waals surface area (Å²) >= 11 is 1.74. The summed E-state index contributed by atoms with van der Waals surface area (Å²) in [6.07, 6.45) is 3.81. The summed E-state index contributed by atoms with van der Waals surface area (Å²) < 4.78 is 0. The number of aliphatic imine (C=N–C) groups is 1. The molecule has 0 spiro atoms. The number of guanidine groups is 1. The van der Waals surface area contributed by atoms with E-state index < -0.39 is 0 Å². The Morgan fingerprint density at radius 2 is 2.19 bits per heavy atom. The molecule has 2 amide bonds. The van der Waals surface area contributed by atoms with E-state index in [0.717, 1.165) is 32.4 Å². The van der Waals surface area contributed by atoms with E-state index in [9.17, 15) is 9.59 Å². The largest absolute Gasteiger partial charge is 0.356 e. The first-order valence-electron chi connectivity index (χ1n) is 9.57. The van der Waals surface area contributed by atoms with E-state index in [1.165, 1.54) is 9.78 Å². The monoisotopic (exact) mass is 391 g/mol. The van der Waals surface area contributed by atoms with Crippen molar-refractivity contribution in [3.05, 3.63) is 22.4 Å². The third kappa shape index (κ3) is 5.95. The van der Waals surface area contributed by atoms with Crippen LogP contribution in [0.1, 0.15) is 24.1 Å². The molecule has 27 heavy (non-hydrogen) atoms. The fourth-order valence-electron chi connectivity index (χ4n) is 3.15. The van der Waals surface area contributed by atoms with Gasteiger partial charge in [0.25, 0.3) is 0 Å². The maximum Gasteiger partial charge on any atom is 0.243 e. The molecule has 2 aliphatic rings. The van der Waals surface area contributed by atoms with Crippen molar-refractivity contribution in [2.75, 3.05) is 40.3 Å². The zero-order valence-electron chi connectivity index (χ0n) is 16.1. The van der Waals surface area contributed by atoms with E-state index in [-0.39, 0.29) is 18.4 Å². The Morgan fingerprint density at radius 3 is 2.85 bits per heavy atom. The Kier molecular flexibility index (Phi) is 6.71. The molecule has 2 N–H and O–H groups in total. The third-order valence-electron chi connectivity index (χ3n) is 4.90. The predicted molar refractivity (Wildman–Crippen MR) is 108 cm³/mol. The summed E-state index contributed by atoms with van der Waals surface area (Å²) in [6.45, 7) is 2.38. The van der Waals surface area contributed by atoms with Crippen LogP contribution in [0.25, 0.3) is 0 Å². The zero-order chi connectivity index (χ0) is 19.2. The van der Waals surface area contributed by atoms with E-state index in [1.54, 1.807) is 25.4 Å². The highest BCUT2D eigenvalue weighted by Crippen LogP contribution is 2.32. The van der Waals surface area contributed by atoms with Crippen molar-refractivity contribution in [1.82, 2.24) is 20.4 Å². The van der Waals surface area contributed by atoms with Gasteiger partial charge in [-0.25, -0.2) is 4.99 Å². The minimum atomic E-state index is -0.0368. The lowest BCUT2D eigenvalue weighted by Gasteiger charge is -2.17. The molecule has 0 aromatic carbocycles. The number of rotatable bonds is 8. The average molecular weight is 392 g/mol. The topological polar surface area (TPSA) is 77.0 Å². The molecule has 1 saturated heterocycles. The van der Waals surface area contributed by atoms with Crippen molar-refractivity contribution in [2.45, 2.75) is 31.7 Å². The molecule has 1 saturated carbocycles. The second-order valence-electron chi connectivity index (χ2n) is 7.44. The minimum Gasteiger partial charge on any atom is -0.356 e. The Labute approximate surface area is 164 Å². The smallest absolute Gasteiger partial charge is 0.243 e. The normalized spacial score (nSPS) is 20.1. The number of amides is 2. The number of likely N-dealkylation sites (tertiary alicyclic amines) is 1. The summed E-state index contributed by atoms with van der Waals surface area (Å²) in [4.78, 5) is 33.3. The molecule has 3 rings (SSSR count). The van der Waals surface area contributed by atoms with Gasteiger partial charge in [0, 0.05) is 57.0 Å². The van der Waals surface area contributed by atoms with Gasteiger partial charge in [-0.15, -0.1) is 11.3 Å². The molecular formula is C19H29N5O2S. The van der Waals surface area contributed by atoms with Gasteiger partial charge in [-0.05, 0) is 30.7 Å². The van der Waals surface area contributed by atoms with Crippen LogP contribution in [-0.4, -0.2) is 73.9 Å². The maximum absolute atomic E-state index is 12.1. The molecule has 2 heterocycles. The number of nitrogens with one attached hydrogen (secondary N) is 2. The molecule has 0 bridgehead atoms. The van der Waals surface area contributed by atoms with Crippen LogP contribution in [-0.2, 0) is 16.0 Å². The van der Waals surface area contributed by atoms with Gasteiger partial charge in [-0.3, -0.25) is 9.59 Å². The van der Waals surface area contributed by atoms with Crippen LogP contribution in [0.15, 0.2) is 22.5 Å². The van der Waals surface area contributed by atoms with Crippen LogP contribution in [0.5, 0.6) is 0 Å². The van der Waals surface area contributed by atoms with Crippen LogP contribution >= 0.6 is 11.3 Å². The number of nitrogens with zero attached hydrogens (tertiary/aromatic N) is 3. The van der Waals surface area contributed by atoms with Gasteiger partial charge in [0.2, 0.25) is 11.8 Å². The Hall–Kier alpha value is -2.09. The quantitative estimate of drug-likeness (QED) is 0.510. The summed E-state index contributed by atoms with van der Waals surface area (Å²) in [5, 5.41) is 8.71. The SMILES string of the molecule is CN(C)C(=O)CN=C(NCCc1cccs1)NCC1CC(=O)N(C2CC2)C1. The molecule has 1 unspecified atom stereocenters. The fourth-order valence-corrected chi connectivity index (χ4v) is 3.86. The van der Waals surface area contributed by atoms with Gasteiger partial charge in [0.05, 0.1) is 0 Å². The van der Waals surface area contributed by atoms with Gasteiger partial charge in [0.1, 0.15) is 6.54 Å². The highest BCUT2D eigenvalue weighted by Gasteiger charge is 2.39. The summed E-state index contributed by atoms with van der Waals surface area (Å²) in [7, 11) is 3.46. The molecule has 1 aromatic rings. The average Bonchev–Trinajstić information content (AvgIpc) is 3.21.